The molecule has 0 unspecified atom stereocenters. The first-order valence-corrected chi connectivity index (χ1v) is 11.9. The zero-order valence-corrected chi connectivity index (χ0v) is 19.2. The molecule has 176 valence electrons. The maximum Gasteiger partial charge on any atom is 0.308 e. The summed E-state index contributed by atoms with van der Waals surface area (Å²) in [5.74, 6) is 2.14. The lowest BCUT2D eigenvalue weighted by molar-refractivity contribution is -0.142. The van der Waals surface area contributed by atoms with Gasteiger partial charge in [-0.2, -0.15) is 0 Å². The third-order valence-corrected chi connectivity index (χ3v) is 8.08. The Hall–Kier alpha value is -2.42. The molecule has 6 rings (SSSR count). The largest absolute Gasteiger partial charge is 0.445 e. The van der Waals surface area contributed by atoms with Crippen LogP contribution < -0.4 is 9.47 Å². The predicted octanol–water partition coefficient (Wildman–Crippen LogP) is 2.04. The number of benzene rings is 1. The standard InChI is InChI=1S/C25H30N2O6/c1-15(28)32-21-12-19-17(23-24(21)33-23)11-20-18-4-3-16(13-25(18,19)5-6-26(20)2)31-14-22(29)27-7-9-30-10-8-27/h3-4,12,16,18,20H,5-11,13-14H2,1-2H3/t16-,18-,20+,25-/m0/s1. The van der Waals surface area contributed by atoms with Crippen LogP contribution in [-0.2, 0) is 30.9 Å². The van der Waals surface area contributed by atoms with Gasteiger partial charge in [0.1, 0.15) is 6.61 Å². The quantitative estimate of drug-likeness (QED) is 0.303. The Balaban J connectivity index is 1.29. The first-order valence-electron chi connectivity index (χ1n) is 11.9. The molecule has 2 bridgehead atoms. The molecule has 1 aromatic rings. The molecular formula is C25H30N2O6. The molecule has 2 aliphatic carbocycles. The normalized spacial score (nSPS) is 31.7. The molecule has 2 fully saturated rings. The van der Waals surface area contributed by atoms with E-state index in [4.69, 9.17) is 18.9 Å². The Kier molecular flexibility index (Phi) is 5.01. The molecule has 3 aliphatic heterocycles. The first-order chi connectivity index (χ1) is 16.0. The van der Waals surface area contributed by atoms with Gasteiger partial charge in [0.15, 0.2) is 11.5 Å². The average Bonchev–Trinajstić information content (AvgIpc) is 3.62. The fourth-order valence-corrected chi connectivity index (χ4v) is 6.41. The lowest BCUT2D eigenvalue weighted by Gasteiger charge is -2.57. The molecule has 0 aromatic heterocycles. The molecule has 2 saturated heterocycles. The molecule has 0 spiro atoms. The molecule has 8 nitrogen and oxygen atoms in total. The van der Waals surface area contributed by atoms with Crippen molar-refractivity contribution in [1.29, 1.82) is 0 Å². The van der Waals surface area contributed by atoms with Crippen molar-refractivity contribution in [3.05, 3.63) is 29.3 Å². The molecule has 0 saturated carbocycles. The van der Waals surface area contributed by atoms with Crippen molar-refractivity contribution in [3.63, 3.8) is 0 Å². The number of hydrogen-bond donors (Lipinski definition) is 0. The molecular weight excluding hydrogens is 424 g/mol. The molecule has 5 aliphatic rings. The minimum absolute atomic E-state index is 0.0204. The van der Waals surface area contributed by atoms with E-state index < -0.39 is 0 Å². The van der Waals surface area contributed by atoms with Gasteiger partial charge in [0, 0.05) is 43.0 Å². The van der Waals surface area contributed by atoms with Crippen molar-refractivity contribution < 1.29 is 28.5 Å². The Bertz CT molecular complexity index is 1030. The molecule has 0 radical (unpaired) electrons. The number of likely N-dealkylation sites (tertiary alicyclic amines) is 1. The average molecular weight is 455 g/mol. The van der Waals surface area contributed by atoms with Crippen molar-refractivity contribution >= 4 is 11.9 Å². The highest BCUT2D eigenvalue weighted by Crippen LogP contribution is 2.63. The Morgan fingerprint density at radius 3 is 2.79 bits per heavy atom. The van der Waals surface area contributed by atoms with E-state index in [0.717, 1.165) is 31.6 Å². The minimum atomic E-state index is -0.342. The maximum atomic E-state index is 12.6. The van der Waals surface area contributed by atoms with E-state index >= 15 is 0 Å². The summed E-state index contributed by atoms with van der Waals surface area (Å²) in [6.45, 7) is 4.91. The second kappa shape index (κ2) is 7.82. The molecule has 4 atom stereocenters. The van der Waals surface area contributed by atoms with E-state index in [-0.39, 0.29) is 30.0 Å². The lowest BCUT2D eigenvalue weighted by atomic mass is 9.53. The van der Waals surface area contributed by atoms with Crippen LogP contribution in [0.2, 0.25) is 0 Å². The second-order valence-electron chi connectivity index (χ2n) is 9.87. The molecule has 8 heteroatoms. The minimum Gasteiger partial charge on any atom is -0.445 e. The molecule has 33 heavy (non-hydrogen) atoms. The number of hydrogen-bond acceptors (Lipinski definition) is 7. The van der Waals surface area contributed by atoms with Gasteiger partial charge in [-0.15, -0.1) is 0 Å². The second-order valence-corrected chi connectivity index (χ2v) is 9.87. The summed E-state index contributed by atoms with van der Waals surface area (Å²) in [7, 11) is 2.20. The van der Waals surface area contributed by atoms with E-state index in [1.54, 1.807) is 0 Å². The Morgan fingerprint density at radius 2 is 2.00 bits per heavy atom. The third kappa shape index (κ3) is 3.47. The number of carbonyl (C=O) groups excluding carboxylic acids is 2. The van der Waals surface area contributed by atoms with Crippen LogP contribution >= 0.6 is 0 Å². The Labute approximate surface area is 193 Å². The SMILES string of the molecule is CC(=O)Oc1cc2c(c3c1O3)C[C@@H]1[C@@H]3C=C[C@H](OCC(=O)N4CCOCC4)C[C@]23CCN1C. The van der Waals surface area contributed by atoms with Crippen molar-refractivity contribution in [1.82, 2.24) is 9.80 Å². The van der Waals surface area contributed by atoms with Crippen LogP contribution in [0.3, 0.4) is 0 Å². The number of rotatable bonds is 4. The van der Waals surface area contributed by atoms with Gasteiger partial charge in [-0.25, -0.2) is 0 Å². The highest BCUT2D eigenvalue weighted by atomic mass is 16.6. The maximum absolute atomic E-state index is 12.6. The van der Waals surface area contributed by atoms with Crippen LogP contribution in [0.5, 0.6) is 17.2 Å². The van der Waals surface area contributed by atoms with Gasteiger partial charge < -0.3 is 28.7 Å². The Morgan fingerprint density at radius 1 is 1.18 bits per heavy atom. The molecule has 3 heterocycles. The summed E-state index contributed by atoms with van der Waals surface area (Å²) >= 11 is 0. The monoisotopic (exact) mass is 454 g/mol. The van der Waals surface area contributed by atoms with Gasteiger partial charge in [0.25, 0.3) is 0 Å². The smallest absolute Gasteiger partial charge is 0.308 e. The van der Waals surface area contributed by atoms with Gasteiger partial charge >= 0.3 is 5.97 Å². The lowest BCUT2D eigenvalue weighted by Crippen LogP contribution is -2.60. The zero-order chi connectivity index (χ0) is 22.7. The van der Waals surface area contributed by atoms with Gasteiger partial charge in [0.2, 0.25) is 11.7 Å². The van der Waals surface area contributed by atoms with Gasteiger partial charge in [-0.3, -0.25) is 9.59 Å². The predicted molar refractivity (Wildman–Crippen MR) is 119 cm³/mol. The van der Waals surface area contributed by atoms with Crippen LogP contribution in [0, 0.1) is 5.92 Å². The van der Waals surface area contributed by atoms with Crippen molar-refractivity contribution in [2.75, 3.05) is 46.5 Å². The van der Waals surface area contributed by atoms with E-state index in [1.807, 2.05) is 11.0 Å². The summed E-state index contributed by atoms with van der Waals surface area (Å²) in [5, 5.41) is 0. The molecule has 1 aromatic carbocycles. The number of morpholine rings is 1. The van der Waals surface area contributed by atoms with Crippen molar-refractivity contribution in [3.8, 4) is 17.2 Å². The molecule has 1 amide bonds. The highest BCUT2D eigenvalue weighted by Gasteiger charge is 2.56. The summed E-state index contributed by atoms with van der Waals surface area (Å²) < 4.78 is 22.8. The molecule has 0 N–H and O–H groups in total. The van der Waals surface area contributed by atoms with E-state index in [0.29, 0.717) is 49.8 Å². The number of carbonyl (C=O) groups is 2. The van der Waals surface area contributed by atoms with Gasteiger partial charge in [-0.05, 0) is 44.5 Å². The number of esters is 1. The summed E-state index contributed by atoms with van der Waals surface area (Å²) in [6.07, 6.45) is 7.02. The van der Waals surface area contributed by atoms with Gasteiger partial charge in [0.05, 0.1) is 19.3 Å². The number of ether oxygens (including phenoxy) is 4. The van der Waals surface area contributed by atoms with E-state index in [1.165, 1.54) is 18.1 Å². The zero-order valence-electron chi connectivity index (χ0n) is 19.2. The van der Waals surface area contributed by atoms with Crippen molar-refractivity contribution in [2.24, 2.45) is 5.92 Å². The third-order valence-electron chi connectivity index (χ3n) is 8.08. The van der Waals surface area contributed by atoms with E-state index in [2.05, 4.69) is 24.1 Å². The van der Waals surface area contributed by atoms with Crippen LogP contribution in [0.15, 0.2) is 18.2 Å². The number of nitrogens with zero attached hydrogens (tertiary/aromatic N) is 2. The highest BCUT2D eigenvalue weighted by molar-refractivity contribution is 5.78. The number of amides is 1. The van der Waals surface area contributed by atoms with Gasteiger partial charge in [-0.1, -0.05) is 12.2 Å². The number of fused-ring (bicyclic) bond motifs is 3. The summed E-state index contributed by atoms with van der Waals surface area (Å²) in [5.41, 5.74) is 2.34. The summed E-state index contributed by atoms with van der Waals surface area (Å²) in [4.78, 5) is 28.6. The van der Waals surface area contributed by atoms with Crippen LogP contribution in [0.1, 0.15) is 30.9 Å². The van der Waals surface area contributed by atoms with Crippen LogP contribution in [-0.4, -0.2) is 80.3 Å². The topological polar surface area (TPSA) is 80.8 Å². The van der Waals surface area contributed by atoms with Crippen LogP contribution in [0.4, 0.5) is 0 Å². The van der Waals surface area contributed by atoms with Crippen molar-refractivity contribution in [2.45, 2.75) is 43.7 Å². The fourth-order valence-electron chi connectivity index (χ4n) is 6.41. The number of piperidine rings is 1. The number of likely N-dealkylation sites (N-methyl/N-ethyl adjacent to an activating group) is 1. The summed E-state index contributed by atoms with van der Waals surface area (Å²) in [6, 6.07) is 2.43. The van der Waals surface area contributed by atoms with Crippen LogP contribution in [0.25, 0.3) is 0 Å². The first kappa shape index (κ1) is 21.1. The fraction of sp³-hybridized carbons (Fsp3) is 0.600. The van der Waals surface area contributed by atoms with E-state index in [9.17, 15) is 9.59 Å².